The Balaban J connectivity index is 1.16. The van der Waals surface area contributed by atoms with E-state index in [2.05, 4.69) is 39.3 Å². The fourth-order valence-electron chi connectivity index (χ4n) is 4.69. The largest absolute Gasteiger partial charge is 0.392 e. The van der Waals surface area contributed by atoms with E-state index < -0.39 is 0 Å². The van der Waals surface area contributed by atoms with Gasteiger partial charge in [-0.05, 0) is 48.4 Å². The topological polar surface area (TPSA) is 82.7 Å². The third-order valence-electron chi connectivity index (χ3n) is 6.47. The summed E-state index contributed by atoms with van der Waals surface area (Å²) in [5.41, 5.74) is 3.24. The number of nitrogens with zero attached hydrogens (tertiary/aromatic N) is 4. The minimum absolute atomic E-state index is 0.147. The number of piperidine rings is 1. The van der Waals surface area contributed by atoms with Crippen LogP contribution in [0.5, 0.6) is 0 Å². The summed E-state index contributed by atoms with van der Waals surface area (Å²) >= 11 is 0. The first kappa shape index (κ1) is 19.2. The molecule has 7 heteroatoms. The first-order valence-electron chi connectivity index (χ1n) is 10.7. The van der Waals surface area contributed by atoms with Gasteiger partial charge in [-0.15, -0.1) is 0 Å². The number of hydrogen-bond acceptors (Lipinski definition) is 6. The molecule has 1 N–H and O–H groups in total. The van der Waals surface area contributed by atoms with Crippen molar-refractivity contribution in [3.63, 3.8) is 0 Å². The number of carbonyl (C=O) groups is 1. The monoisotopic (exact) mass is 406 g/mol. The average molecular weight is 406 g/mol. The van der Waals surface area contributed by atoms with E-state index in [-0.39, 0.29) is 23.7 Å². The molecule has 2 aromatic heterocycles. The zero-order chi connectivity index (χ0) is 20.5. The van der Waals surface area contributed by atoms with Crippen molar-refractivity contribution in [2.45, 2.75) is 31.9 Å². The van der Waals surface area contributed by atoms with Crippen molar-refractivity contribution in [1.29, 1.82) is 0 Å². The van der Waals surface area contributed by atoms with Crippen LogP contribution in [0.2, 0.25) is 0 Å². The Morgan fingerprint density at radius 3 is 2.77 bits per heavy atom. The van der Waals surface area contributed by atoms with Crippen LogP contribution >= 0.6 is 0 Å². The van der Waals surface area contributed by atoms with Crippen molar-refractivity contribution >= 4 is 16.9 Å². The highest BCUT2D eigenvalue weighted by atomic mass is 16.5. The summed E-state index contributed by atoms with van der Waals surface area (Å²) in [5, 5.41) is 15.4. The molecule has 3 aromatic rings. The zero-order valence-electron chi connectivity index (χ0n) is 16.9. The SMILES string of the molecule is O=C(c1onc2ncccc12)N1CCC(C(O)CN2CCc3ccccc3C2)CC1. The van der Waals surface area contributed by atoms with Crippen LogP contribution in [-0.4, -0.2) is 63.2 Å². The van der Waals surface area contributed by atoms with Crippen molar-refractivity contribution in [1.82, 2.24) is 19.9 Å². The number of fused-ring (bicyclic) bond motifs is 2. The van der Waals surface area contributed by atoms with E-state index in [4.69, 9.17) is 4.52 Å². The lowest BCUT2D eigenvalue weighted by atomic mass is 9.90. The Labute approximate surface area is 175 Å². The van der Waals surface area contributed by atoms with Gasteiger partial charge in [0.1, 0.15) is 0 Å². The molecule has 0 saturated carbocycles. The van der Waals surface area contributed by atoms with Crippen molar-refractivity contribution < 1.29 is 14.4 Å². The summed E-state index contributed by atoms with van der Waals surface area (Å²) in [4.78, 5) is 21.1. The maximum atomic E-state index is 12.9. The van der Waals surface area contributed by atoms with Crippen LogP contribution in [0, 0.1) is 5.92 Å². The number of rotatable bonds is 4. The van der Waals surface area contributed by atoms with Crippen LogP contribution in [0.1, 0.15) is 34.5 Å². The molecule has 1 aromatic carbocycles. The summed E-state index contributed by atoms with van der Waals surface area (Å²) in [7, 11) is 0. The van der Waals surface area contributed by atoms with Crippen LogP contribution in [0.3, 0.4) is 0 Å². The molecule has 156 valence electrons. The number of hydrogen-bond donors (Lipinski definition) is 1. The maximum Gasteiger partial charge on any atom is 0.293 e. The predicted molar refractivity (Wildman–Crippen MR) is 112 cm³/mol. The van der Waals surface area contributed by atoms with Gasteiger partial charge in [0.05, 0.1) is 11.5 Å². The minimum Gasteiger partial charge on any atom is -0.392 e. The van der Waals surface area contributed by atoms with Gasteiger partial charge in [-0.3, -0.25) is 9.69 Å². The van der Waals surface area contributed by atoms with E-state index in [1.165, 1.54) is 11.1 Å². The second-order valence-corrected chi connectivity index (χ2v) is 8.34. The number of β-amino-alcohol motifs (C(OH)–C–C–N with tert-alkyl or cyclic N) is 1. The van der Waals surface area contributed by atoms with Gasteiger partial charge in [0.2, 0.25) is 11.4 Å². The molecule has 4 heterocycles. The normalized spacial score (nSPS) is 19.0. The molecule has 0 aliphatic carbocycles. The molecule has 1 fully saturated rings. The van der Waals surface area contributed by atoms with E-state index in [0.717, 1.165) is 32.4 Å². The number of benzene rings is 1. The molecule has 5 rings (SSSR count). The summed E-state index contributed by atoms with van der Waals surface area (Å²) in [5.74, 6) is 0.314. The Morgan fingerprint density at radius 1 is 1.13 bits per heavy atom. The number of aromatic nitrogens is 2. The number of pyridine rings is 1. The highest BCUT2D eigenvalue weighted by Crippen LogP contribution is 2.26. The van der Waals surface area contributed by atoms with E-state index >= 15 is 0 Å². The Bertz CT molecular complexity index is 1040. The highest BCUT2D eigenvalue weighted by molar-refractivity contribution is 6.02. The third kappa shape index (κ3) is 3.70. The van der Waals surface area contributed by atoms with Gasteiger partial charge in [-0.2, -0.15) is 0 Å². The molecule has 0 spiro atoms. The molecule has 2 aliphatic heterocycles. The number of aliphatic hydroxyl groups is 1. The molecule has 1 saturated heterocycles. The number of likely N-dealkylation sites (tertiary alicyclic amines) is 1. The smallest absolute Gasteiger partial charge is 0.293 e. The molecule has 7 nitrogen and oxygen atoms in total. The van der Waals surface area contributed by atoms with E-state index in [1.54, 1.807) is 23.2 Å². The average Bonchev–Trinajstić information content (AvgIpc) is 3.23. The third-order valence-corrected chi connectivity index (χ3v) is 6.47. The van der Waals surface area contributed by atoms with Gasteiger partial charge in [0, 0.05) is 38.9 Å². The summed E-state index contributed by atoms with van der Waals surface area (Å²) in [6, 6.07) is 12.1. The first-order valence-corrected chi connectivity index (χ1v) is 10.7. The van der Waals surface area contributed by atoms with Gasteiger partial charge < -0.3 is 14.5 Å². The zero-order valence-corrected chi connectivity index (χ0v) is 16.9. The Hall–Kier alpha value is -2.77. The number of amides is 1. The molecule has 1 atom stereocenters. The van der Waals surface area contributed by atoms with Crippen LogP contribution in [0.25, 0.3) is 11.0 Å². The predicted octanol–water partition coefficient (Wildman–Crippen LogP) is 2.49. The lowest BCUT2D eigenvalue weighted by Gasteiger charge is -2.36. The van der Waals surface area contributed by atoms with Gasteiger partial charge >= 0.3 is 0 Å². The first-order chi connectivity index (χ1) is 14.7. The highest BCUT2D eigenvalue weighted by Gasteiger charge is 2.31. The molecular formula is C23H26N4O3. The Kier molecular flexibility index (Phi) is 5.23. The van der Waals surface area contributed by atoms with E-state index in [9.17, 15) is 9.90 Å². The van der Waals surface area contributed by atoms with Crippen molar-refractivity contribution in [2.24, 2.45) is 5.92 Å². The van der Waals surface area contributed by atoms with E-state index in [0.29, 0.717) is 30.7 Å². The molecule has 0 radical (unpaired) electrons. The standard InChI is InChI=1S/C23H26N4O3/c28-20(15-26-11-7-16-4-1-2-5-18(16)14-26)17-8-12-27(13-9-17)23(29)21-19-6-3-10-24-22(19)25-30-21/h1-6,10,17,20,28H,7-9,11-15H2. The quantitative estimate of drug-likeness (QED) is 0.717. The fourth-order valence-corrected chi connectivity index (χ4v) is 4.69. The maximum absolute atomic E-state index is 12.9. The van der Waals surface area contributed by atoms with Crippen LogP contribution < -0.4 is 0 Å². The number of carbonyl (C=O) groups excluding carboxylic acids is 1. The molecule has 1 unspecified atom stereocenters. The second-order valence-electron chi connectivity index (χ2n) is 8.34. The molecular weight excluding hydrogens is 380 g/mol. The second kappa shape index (κ2) is 8.16. The van der Waals surface area contributed by atoms with E-state index in [1.807, 2.05) is 0 Å². The minimum atomic E-state index is -0.372. The van der Waals surface area contributed by atoms with Gasteiger partial charge in [-0.25, -0.2) is 4.98 Å². The lowest BCUT2D eigenvalue weighted by molar-refractivity contribution is 0.0250. The van der Waals surface area contributed by atoms with Gasteiger partial charge in [-0.1, -0.05) is 29.4 Å². The van der Waals surface area contributed by atoms with Crippen molar-refractivity contribution in [3.8, 4) is 0 Å². The van der Waals surface area contributed by atoms with Crippen molar-refractivity contribution in [2.75, 3.05) is 26.2 Å². The summed E-state index contributed by atoms with van der Waals surface area (Å²) in [6.45, 7) is 3.80. The number of aliphatic hydroxyl groups excluding tert-OH is 1. The van der Waals surface area contributed by atoms with Crippen molar-refractivity contribution in [3.05, 3.63) is 59.5 Å². The summed E-state index contributed by atoms with van der Waals surface area (Å²) in [6.07, 6.45) is 3.88. The van der Waals surface area contributed by atoms with Gasteiger partial charge in [0.25, 0.3) is 5.91 Å². The van der Waals surface area contributed by atoms with Crippen LogP contribution in [-0.2, 0) is 13.0 Å². The molecule has 1 amide bonds. The fraction of sp³-hybridized carbons (Fsp3) is 0.435. The van der Waals surface area contributed by atoms with Crippen LogP contribution in [0.15, 0.2) is 47.1 Å². The molecule has 2 aliphatic rings. The lowest BCUT2D eigenvalue weighted by Crippen LogP contribution is -2.45. The van der Waals surface area contributed by atoms with Crippen LogP contribution in [0.4, 0.5) is 0 Å². The molecule has 0 bridgehead atoms. The summed E-state index contributed by atoms with van der Waals surface area (Å²) < 4.78 is 5.27. The molecule has 30 heavy (non-hydrogen) atoms. The Morgan fingerprint density at radius 2 is 1.93 bits per heavy atom. The van der Waals surface area contributed by atoms with Gasteiger partial charge in [0.15, 0.2) is 0 Å².